The van der Waals surface area contributed by atoms with Crippen LogP contribution in [0, 0.1) is 13.8 Å². The number of para-hydroxylation sites is 1. The fraction of sp³-hybridized carbons (Fsp3) is 0.100. The first-order chi connectivity index (χ1) is 14.0. The largest absolute Gasteiger partial charge is 0.325 e. The third-order valence-corrected chi connectivity index (χ3v) is 5.80. The number of benzene rings is 2. The Morgan fingerprint density at radius 2 is 1.69 bits per heavy atom. The van der Waals surface area contributed by atoms with Crippen LogP contribution in [0.3, 0.4) is 0 Å². The molecule has 2 aromatic carbocycles. The minimum absolute atomic E-state index is 0.219. The highest BCUT2D eigenvalue weighted by Crippen LogP contribution is 2.28. The maximum Gasteiger partial charge on any atom is 0.325 e. The lowest BCUT2D eigenvalue weighted by Gasteiger charge is -2.05. The van der Waals surface area contributed by atoms with Crippen molar-refractivity contribution in [3.8, 4) is 0 Å². The smallest absolute Gasteiger partial charge is 0.308 e. The van der Waals surface area contributed by atoms with Gasteiger partial charge >= 0.3 is 6.03 Å². The van der Waals surface area contributed by atoms with E-state index < -0.39 is 6.03 Å². The van der Waals surface area contributed by atoms with Crippen LogP contribution < -0.4 is 16.0 Å². The van der Waals surface area contributed by atoms with Crippen molar-refractivity contribution in [2.75, 3.05) is 16.0 Å². The van der Waals surface area contributed by atoms with Gasteiger partial charge in [-0.2, -0.15) is 0 Å². The summed E-state index contributed by atoms with van der Waals surface area (Å²) in [7, 11) is 0. The highest BCUT2D eigenvalue weighted by molar-refractivity contribution is 7.22. The van der Waals surface area contributed by atoms with Crippen molar-refractivity contribution in [2.24, 2.45) is 0 Å². The van der Waals surface area contributed by atoms with Crippen LogP contribution in [0.25, 0.3) is 10.2 Å². The summed E-state index contributed by atoms with van der Waals surface area (Å²) in [6.45, 7) is 3.95. The van der Waals surface area contributed by atoms with Crippen molar-refractivity contribution < 1.29 is 9.59 Å². The molecule has 0 aliphatic heterocycles. The van der Waals surface area contributed by atoms with Gasteiger partial charge in [-0.3, -0.25) is 15.4 Å². The Morgan fingerprint density at radius 1 is 0.897 bits per heavy atom. The summed E-state index contributed by atoms with van der Waals surface area (Å²) in [5, 5.41) is 10.6. The first-order valence-corrected chi connectivity index (χ1v) is 10.5. The third kappa shape index (κ3) is 4.41. The van der Waals surface area contributed by atoms with Crippen LogP contribution in [0.4, 0.5) is 20.7 Å². The van der Waals surface area contributed by atoms with Crippen LogP contribution in [-0.4, -0.2) is 21.9 Å². The molecule has 29 heavy (non-hydrogen) atoms. The number of aromatic nitrogens is 2. The molecule has 0 aliphatic rings. The van der Waals surface area contributed by atoms with E-state index in [0.717, 1.165) is 21.3 Å². The van der Waals surface area contributed by atoms with Crippen LogP contribution in [0.2, 0.25) is 0 Å². The van der Waals surface area contributed by atoms with Gasteiger partial charge in [0.25, 0.3) is 5.91 Å². The Labute approximate surface area is 174 Å². The average molecular weight is 424 g/mol. The Morgan fingerprint density at radius 3 is 2.45 bits per heavy atom. The van der Waals surface area contributed by atoms with Gasteiger partial charge in [0.15, 0.2) is 10.3 Å². The molecule has 4 rings (SSSR count). The molecule has 3 N–H and O–H groups in total. The number of urea groups is 1. The molecule has 0 bridgehead atoms. The summed E-state index contributed by atoms with van der Waals surface area (Å²) in [5.74, 6) is -0.370. The maximum absolute atomic E-state index is 12.5. The molecule has 0 saturated heterocycles. The molecule has 0 fully saturated rings. The van der Waals surface area contributed by atoms with E-state index in [4.69, 9.17) is 0 Å². The molecular weight excluding hydrogens is 406 g/mol. The summed E-state index contributed by atoms with van der Waals surface area (Å²) >= 11 is 2.58. The fourth-order valence-electron chi connectivity index (χ4n) is 2.63. The quantitative estimate of drug-likeness (QED) is 0.417. The van der Waals surface area contributed by atoms with Crippen molar-refractivity contribution in [1.82, 2.24) is 9.97 Å². The minimum Gasteiger partial charge on any atom is -0.308 e. The van der Waals surface area contributed by atoms with Gasteiger partial charge in [-0.25, -0.2) is 14.8 Å². The van der Waals surface area contributed by atoms with Crippen LogP contribution in [0.15, 0.2) is 47.8 Å². The van der Waals surface area contributed by atoms with Gasteiger partial charge < -0.3 is 5.32 Å². The molecule has 0 saturated carbocycles. The number of aryl methyl sites for hydroxylation is 2. The van der Waals surface area contributed by atoms with Crippen molar-refractivity contribution >= 4 is 60.8 Å². The molecule has 2 heterocycles. The first kappa shape index (κ1) is 19.0. The number of hydrogen-bond donors (Lipinski definition) is 3. The standard InChI is InChI=1S/C20H17N5O2S2/c1-11-6-8-13(9-7-11)21-18(27)25-19-22-14(10-28-19)17(26)24-20-23-16-12(2)4-3-5-15(16)29-20/h3-10H,1-2H3,(H,23,24,26)(H2,21,22,25,27). The molecule has 0 unspecified atom stereocenters. The summed E-state index contributed by atoms with van der Waals surface area (Å²) in [4.78, 5) is 33.2. The first-order valence-electron chi connectivity index (χ1n) is 8.75. The molecule has 2 aromatic heterocycles. The monoisotopic (exact) mass is 423 g/mol. The van der Waals surface area contributed by atoms with Gasteiger partial charge in [0.05, 0.1) is 10.2 Å². The Bertz CT molecular complexity index is 1200. The molecule has 0 aliphatic carbocycles. The Kier molecular flexibility index (Phi) is 5.24. The zero-order chi connectivity index (χ0) is 20.4. The second-order valence-electron chi connectivity index (χ2n) is 6.38. The number of fused-ring (bicyclic) bond motifs is 1. The molecule has 9 heteroatoms. The molecule has 0 atom stereocenters. The van der Waals surface area contributed by atoms with Crippen LogP contribution >= 0.6 is 22.7 Å². The number of nitrogens with one attached hydrogen (secondary N) is 3. The van der Waals surface area contributed by atoms with E-state index in [-0.39, 0.29) is 11.6 Å². The topological polar surface area (TPSA) is 96.0 Å². The molecule has 146 valence electrons. The molecule has 3 amide bonds. The number of rotatable bonds is 4. The number of anilines is 3. The lowest BCUT2D eigenvalue weighted by atomic mass is 10.2. The molecular formula is C20H17N5O2S2. The molecule has 4 aromatic rings. The van der Waals surface area contributed by atoms with E-state index in [9.17, 15) is 9.59 Å². The van der Waals surface area contributed by atoms with Crippen molar-refractivity contribution in [2.45, 2.75) is 13.8 Å². The fourth-order valence-corrected chi connectivity index (χ4v) is 4.26. The predicted octanol–water partition coefficient (Wildman–Crippen LogP) is 5.27. The number of carbonyl (C=O) groups excluding carboxylic acids is 2. The second kappa shape index (κ2) is 7.98. The minimum atomic E-state index is -0.420. The van der Waals surface area contributed by atoms with Gasteiger partial charge in [0.1, 0.15) is 5.69 Å². The van der Waals surface area contributed by atoms with Gasteiger partial charge in [-0.05, 0) is 37.6 Å². The van der Waals surface area contributed by atoms with Gasteiger partial charge in [-0.15, -0.1) is 11.3 Å². The van der Waals surface area contributed by atoms with E-state index in [0.29, 0.717) is 16.0 Å². The lowest BCUT2D eigenvalue weighted by Crippen LogP contribution is -2.19. The van der Waals surface area contributed by atoms with E-state index in [1.165, 1.54) is 22.7 Å². The van der Waals surface area contributed by atoms with E-state index in [1.807, 2.05) is 56.3 Å². The Balaban J connectivity index is 1.39. The zero-order valence-electron chi connectivity index (χ0n) is 15.6. The van der Waals surface area contributed by atoms with Gasteiger partial charge in [-0.1, -0.05) is 41.2 Å². The van der Waals surface area contributed by atoms with E-state index in [1.54, 1.807) is 5.38 Å². The summed E-state index contributed by atoms with van der Waals surface area (Å²) in [6.07, 6.45) is 0. The zero-order valence-corrected chi connectivity index (χ0v) is 17.3. The van der Waals surface area contributed by atoms with E-state index >= 15 is 0 Å². The predicted molar refractivity (Wildman–Crippen MR) is 118 cm³/mol. The SMILES string of the molecule is Cc1ccc(NC(=O)Nc2nc(C(=O)Nc3nc4c(C)cccc4s3)cs2)cc1. The van der Waals surface area contributed by atoms with Gasteiger partial charge in [0.2, 0.25) is 0 Å². The summed E-state index contributed by atoms with van der Waals surface area (Å²) < 4.78 is 1.01. The normalized spacial score (nSPS) is 10.7. The maximum atomic E-state index is 12.5. The number of hydrogen-bond acceptors (Lipinski definition) is 6. The van der Waals surface area contributed by atoms with Gasteiger partial charge in [0, 0.05) is 11.1 Å². The summed E-state index contributed by atoms with van der Waals surface area (Å²) in [6, 6.07) is 12.9. The number of nitrogens with zero attached hydrogens (tertiary/aromatic N) is 2. The van der Waals surface area contributed by atoms with Crippen molar-refractivity contribution in [1.29, 1.82) is 0 Å². The molecule has 0 spiro atoms. The highest BCUT2D eigenvalue weighted by atomic mass is 32.1. The number of amides is 3. The molecule has 7 nitrogen and oxygen atoms in total. The molecule has 0 radical (unpaired) electrons. The second-order valence-corrected chi connectivity index (χ2v) is 8.27. The lowest BCUT2D eigenvalue weighted by molar-refractivity contribution is 0.102. The van der Waals surface area contributed by atoms with Crippen LogP contribution in [-0.2, 0) is 0 Å². The van der Waals surface area contributed by atoms with Crippen LogP contribution in [0.1, 0.15) is 21.6 Å². The number of carbonyl (C=O) groups is 2. The number of thiazole rings is 2. The van der Waals surface area contributed by atoms with Crippen molar-refractivity contribution in [3.05, 3.63) is 64.7 Å². The average Bonchev–Trinajstić information content (AvgIpc) is 3.31. The third-order valence-electron chi connectivity index (χ3n) is 4.11. The summed E-state index contributed by atoms with van der Waals surface area (Å²) in [5.41, 5.74) is 3.93. The Hall–Kier alpha value is -3.30. The van der Waals surface area contributed by atoms with Crippen molar-refractivity contribution in [3.63, 3.8) is 0 Å². The highest BCUT2D eigenvalue weighted by Gasteiger charge is 2.15. The van der Waals surface area contributed by atoms with Crippen LogP contribution in [0.5, 0.6) is 0 Å². The van der Waals surface area contributed by atoms with E-state index in [2.05, 4.69) is 25.9 Å².